The van der Waals surface area contributed by atoms with Gasteiger partial charge < -0.3 is 9.47 Å². The second-order valence-corrected chi connectivity index (χ2v) is 6.06. The third-order valence-electron chi connectivity index (χ3n) is 4.37. The SMILES string of the molecule is Cn1c2c(c3ccccc31)CN(c1ccc(S)cn1)CC2. The molecule has 0 bridgehead atoms. The van der Waals surface area contributed by atoms with E-state index in [9.17, 15) is 0 Å². The Kier molecular flexibility index (Phi) is 2.93. The molecule has 0 spiro atoms. The third kappa shape index (κ3) is 2.02. The molecular formula is C17H17N3S. The number of hydrogen-bond acceptors (Lipinski definition) is 3. The summed E-state index contributed by atoms with van der Waals surface area (Å²) >= 11 is 4.31. The molecule has 4 heteroatoms. The number of anilines is 1. The predicted molar refractivity (Wildman–Crippen MR) is 89.2 cm³/mol. The fourth-order valence-corrected chi connectivity index (χ4v) is 3.42. The number of para-hydroxylation sites is 1. The van der Waals surface area contributed by atoms with Gasteiger partial charge in [0, 0.05) is 59.8 Å². The van der Waals surface area contributed by atoms with Crippen molar-refractivity contribution in [2.24, 2.45) is 7.05 Å². The number of aryl methyl sites for hydroxylation is 1. The molecule has 1 aromatic carbocycles. The quantitative estimate of drug-likeness (QED) is 0.695. The van der Waals surface area contributed by atoms with E-state index in [1.807, 2.05) is 12.3 Å². The summed E-state index contributed by atoms with van der Waals surface area (Å²) in [4.78, 5) is 7.76. The number of fused-ring (bicyclic) bond motifs is 3. The van der Waals surface area contributed by atoms with Gasteiger partial charge in [-0.3, -0.25) is 0 Å². The number of aromatic nitrogens is 2. The molecule has 0 unspecified atom stereocenters. The van der Waals surface area contributed by atoms with E-state index in [2.05, 4.69) is 64.5 Å². The maximum atomic E-state index is 4.50. The van der Waals surface area contributed by atoms with Gasteiger partial charge in [-0.1, -0.05) is 18.2 Å². The minimum Gasteiger partial charge on any atom is -0.352 e. The van der Waals surface area contributed by atoms with Crippen molar-refractivity contribution >= 4 is 29.3 Å². The van der Waals surface area contributed by atoms with Gasteiger partial charge in [0.25, 0.3) is 0 Å². The second kappa shape index (κ2) is 4.81. The lowest BCUT2D eigenvalue weighted by atomic mass is 10.0. The lowest BCUT2D eigenvalue weighted by Crippen LogP contribution is -2.31. The van der Waals surface area contributed by atoms with Crippen LogP contribution in [0.3, 0.4) is 0 Å². The van der Waals surface area contributed by atoms with Crippen LogP contribution in [0.1, 0.15) is 11.3 Å². The summed E-state index contributed by atoms with van der Waals surface area (Å²) in [5.41, 5.74) is 4.22. The maximum absolute atomic E-state index is 4.50. The minimum atomic E-state index is 0.904. The van der Waals surface area contributed by atoms with Crippen molar-refractivity contribution in [1.82, 2.24) is 9.55 Å². The molecule has 4 rings (SSSR count). The van der Waals surface area contributed by atoms with Gasteiger partial charge in [-0.15, -0.1) is 12.6 Å². The van der Waals surface area contributed by atoms with Crippen molar-refractivity contribution in [3.8, 4) is 0 Å². The molecule has 0 saturated carbocycles. The summed E-state index contributed by atoms with van der Waals surface area (Å²) in [5, 5.41) is 1.37. The summed E-state index contributed by atoms with van der Waals surface area (Å²) in [7, 11) is 2.17. The van der Waals surface area contributed by atoms with Gasteiger partial charge in [-0.25, -0.2) is 4.98 Å². The van der Waals surface area contributed by atoms with E-state index in [4.69, 9.17) is 0 Å². The number of thiol groups is 1. The molecule has 0 atom stereocenters. The van der Waals surface area contributed by atoms with E-state index >= 15 is 0 Å². The average molecular weight is 295 g/mol. The van der Waals surface area contributed by atoms with Gasteiger partial charge in [-0.05, 0) is 18.2 Å². The minimum absolute atomic E-state index is 0.904. The summed E-state index contributed by atoms with van der Waals surface area (Å²) in [6.45, 7) is 1.94. The molecule has 3 aromatic rings. The average Bonchev–Trinajstić information content (AvgIpc) is 2.81. The van der Waals surface area contributed by atoms with Crippen LogP contribution in [0.2, 0.25) is 0 Å². The smallest absolute Gasteiger partial charge is 0.128 e. The molecule has 106 valence electrons. The summed E-state index contributed by atoms with van der Waals surface area (Å²) in [5.74, 6) is 1.03. The first kappa shape index (κ1) is 12.8. The van der Waals surface area contributed by atoms with Crippen LogP contribution in [-0.4, -0.2) is 16.1 Å². The van der Waals surface area contributed by atoms with E-state index in [0.29, 0.717) is 0 Å². The number of nitrogens with zero attached hydrogens (tertiary/aromatic N) is 3. The Morgan fingerprint density at radius 3 is 2.81 bits per heavy atom. The normalized spacial score (nSPS) is 14.5. The first-order valence-electron chi connectivity index (χ1n) is 7.19. The van der Waals surface area contributed by atoms with Crippen molar-refractivity contribution in [3.05, 3.63) is 53.9 Å². The highest BCUT2D eigenvalue weighted by Crippen LogP contribution is 2.31. The molecular weight excluding hydrogens is 278 g/mol. The Hall–Kier alpha value is -1.94. The molecule has 0 aliphatic carbocycles. The number of benzene rings is 1. The van der Waals surface area contributed by atoms with Crippen LogP contribution in [-0.2, 0) is 20.0 Å². The first-order chi connectivity index (χ1) is 10.2. The molecule has 3 heterocycles. The van der Waals surface area contributed by atoms with Crippen LogP contribution in [0.25, 0.3) is 10.9 Å². The van der Waals surface area contributed by atoms with Gasteiger partial charge in [0.1, 0.15) is 5.82 Å². The third-order valence-corrected chi connectivity index (χ3v) is 4.63. The van der Waals surface area contributed by atoms with Crippen LogP contribution in [0, 0.1) is 0 Å². The van der Waals surface area contributed by atoms with Crippen LogP contribution in [0.15, 0.2) is 47.5 Å². The first-order valence-corrected chi connectivity index (χ1v) is 7.64. The van der Waals surface area contributed by atoms with Gasteiger partial charge in [0.2, 0.25) is 0 Å². The van der Waals surface area contributed by atoms with Crippen molar-refractivity contribution < 1.29 is 0 Å². The zero-order valence-corrected chi connectivity index (χ0v) is 12.8. The molecule has 1 aliphatic heterocycles. The Morgan fingerprint density at radius 1 is 1.14 bits per heavy atom. The summed E-state index contributed by atoms with van der Waals surface area (Å²) < 4.78 is 2.34. The highest BCUT2D eigenvalue weighted by molar-refractivity contribution is 7.80. The Bertz CT molecular complexity index is 805. The van der Waals surface area contributed by atoms with E-state index in [1.165, 1.54) is 22.2 Å². The largest absolute Gasteiger partial charge is 0.352 e. The van der Waals surface area contributed by atoms with E-state index in [1.54, 1.807) is 0 Å². The summed E-state index contributed by atoms with van der Waals surface area (Å²) in [6, 6.07) is 12.7. The molecule has 21 heavy (non-hydrogen) atoms. The fraction of sp³-hybridized carbons (Fsp3) is 0.235. The van der Waals surface area contributed by atoms with Gasteiger partial charge in [-0.2, -0.15) is 0 Å². The van der Waals surface area contributed by atoms with Crippen molar-refractivity contribution in [2.75, 3.05) is 11.4 Å². The molecule has 3 nitrogen and oxygen atoms in total. The lowest BCUT2D eigenvalue weighted by Gasteiger charge is -2.29. The number of rotatable bonds is 1. The standard InChI is InChI=1S/C17H17N3S/c1-19-15-5-3-2-4-13(15)14-11-20(9-8-16(14)19)17-7-6-12(21)10-18-17/h2-7,10,21H,8-9,11H2,1H3. The van der Waals surface area contributed by atoms with Crippen LogP contribution >= 0.6 is 12.6 Å². The van der Waals surface area contributed by atoms with Gasteiger partial charge in [0.05, 0.1) is 0 Å². The molecule has 0 radical (unpaired) electrons. The molecule has 2 aromatic heterocycles. The number of pyridine rings is 1. The Balaban J connectivity index is 1.77. The number of hydrogen-bond donors (Lipinski definition) is 1. The highest BCUT2D eigenvalue weighted by Gasteiger charge is 2.23. The van der Waals surface area contributed by atoms with Crippen molar-refractivity contribution in [1.29, 1.82) is 0 Å². The lowest BCUT2D eigenvalue weighted by molar-refractivity contribution is 0.686. The van der Waals surface area contributed by atoms with Crippen LogP contribution in [0.4, 0.5) is 5.82 Å². The second-order valence-electron chi connectivity index (χ2n) is 5.55. The van der Waals surface area contributed by atoms with Gasteiger partial charge >= 0.3 is 0 Å². The topological polar surface area (TPSA) is 21.1 Å². The molecule has 0 N–H and O–H groups in total. The molecule has 0 fully saturated rings. The van der Waals surface area contributed by atoms with E-state index < -0.39 is 0 Å². The van der Waals surface area contributed by atoms with E-state index in [0.717, 1.165) is 30.2 Å². The van der Waals surface area contributed by atoms with Crippen LogP contribution < -0.4 is 4.90 Å². The zero-order chi connectivity index (χ0) is 14.4. The highest BCUT2D eigenvalue weighted by atomic mass is 32.1. The Labute approximate surface area is 129 Å². The summed E-state index contributed by atoms with van der Waals surface area (Å²) in [6.07, 6.45) is 2.88. The maximum Gasteiger partial charge on any atom is 0.128 e. The van der Waals surface area contributed by atoms with E-state index in [-0.39, 0.29) is 0 Å². The zero-order valence-electron chi connectivity index (χ0n) is 12.0. The molecule has 1 aliphatic rings. The van der Waals surface area contributed by atoms with Crippen LogP contribution in [0.5, 0.6) is 0 Å². The monoisotopic (exact) mass is 295 g/mol. The fourth-order valence-electron chi connectivity index (χ4n) is 3.29. The van der Waals surface area contributed by atoms with Crippen molar-refractivity contribution in [2.45, 2.75) is 17.9 Å². The molecule has 0 amide bonds. The Morgan fingerprint density at radius 2 is 2.00 bits per heavy atom. The predicted octanol–water partition coefficient (Wildman–Crippen LogP) is 3.42. The molecule has 0 saturated heterocycles. The van der Waals surface area contributed by atoms with Gasteiger partial charge in [0.15, 0.2) is 0 Å². The van der Waals surface area contributed by atoms with Crippen molar-refractivity contribution in [3.63, 3.8) is 0 Å².